The lowest BCUT2D eigenvalue weighted by molar-refractivity contribution is -0.126. The lowest BCUT2D eigenvalue weighted by atomic mass is 10.5. The molecule has 0 aliphatic carbocycles. The van der Waals surface area contributed by atoms with Crippen LogP contribution in [0, 0.1) is 0 Å². The number of amides is 2. The third-order valence-corrected chi connectivity index (χ3v) is 4.95. The molecule has 1 aromatic heterocycles. The van der Waals surface area contributed by atoms with Crippen LogP contribution in [0.5, 0.6) is 0 Å². The number of hydrogen-bond acceptors (Lipinski definition) is 8. The molecule has 25 heavy (non-hydrogen) atoms. The molecule has 1 rings (SSSR count). The third-order valence-electron chi connectivity index (χ3n) is 2.54. The summed E-state index contributed by atoms with van der Waals surface area (Å²) >= 11 is 0. The molecule has 0 saturated carbocycles. The normalized spacial score (nSPS) is 11.6. The summed E-state index contributed by atoms with van der Waals surface area (Å²) in [5.41, 5.74) is 0. The van der Waals surface area contributed by atoms with Gasteiger partial charge in [0.2, 0.25) is 5.91 Å². The Labute approximate surface area is 154 Å². The Morgan fingerprint density at radius 3 is 2.76 bits per heavy atom. The van der Waals surface area contributed by atoms with E-state index in [2.05, 4.69) is 15.6 Å². The molecular weight excluding hydrogens is 366 g/mol. The third kappa shape index (κ3) is 10.8. The number of carbonyl (C=O) groups is 3. The van der Waals surface area contributed by atoms with E-state index < -0.39 is 5.37 Å². The maximum absolute atomic E-state index is 12.2. The number of nitrogens with one attached hydrogen (secondary N) is 2. The van der Waals surface area contributed by atoms with E-state index in [1.807, 2.05) is 12.1 Å². The molecule has 138 valence electrons. The molecule has 0 saturated heterocycles. The van der Waals surface area contributed by atoms with E-state index in [0.717, 1.165) is 5.03 Å². The first-order valence-electron chi connectivity index (χ1n) is 7.51. The minimum absolute atomic E-state index is 0.0453. The number of aldehydes is 1. The zero-order chi connectivity index (χ0) is 18.3. The highest BCUT2D eigenvalue weighted by atomic mass is 33.1. The molecule has 0 aliphatic heterocycles. The van der Waals surface area contributed by atoms with Crippen molar-refractivity contribution in [2.45, 2.75) is 17.3 Å². The van der Waals surface area contributed by atoms with Crippen molar-refractivity contribution in [3.63, 3.8) is 0 Å². The van der Waals surface area contributed by atoms with Gasteiger partial charge >= 0.3 is 0 Å². The smallest absolute Gasteiger partial charge is 0.254 e. The van der Waals surface area contributed by atoms with E-state index in [1.165, 1.54) is 28.5 Å². The van der Waals surface area contributed by atoms with Gasteiger partial charge in [0.1, 0.15) is 17.9 Å². The summed E-state index contributed by atoms with van der Waals surface area (Å²) in [7, 11) is 2.51. The molecule has 0 aliphatic rings. The van der Waals surface area contributed by atoms with Crippen LogP contribution in [0.3, 0.4) is 0 Å². The number of nitrogens with zero attached hydrogens (tertiary/aromatic N) is 1. The fourth-order valence-corrected chi connectivity index (χ4v) is 3.61. The zero-order valence-electron chi connectivity index (χ0n) is 13.8. The minimum atomic E-state index is -0.736. The molecule has 1 unspecified atom stereocenters. The van der Waals surface area contributed by atoms with Crippen LogP contribution < -0.4 is 10.6 Å². The zero-order valence-corrected chi connectivity index (χ0v) is 15.4. The fraction of sp³-hybridized carbons (Fsp3) is 0.467. The van der Waals surface area contributed by atoms with Gasteiger partial charge in [-0.2, -0.15) is 0 Å². The van der Waals surface area contributed by atoms with Crippen LogP contribution >= 0.6 is 21.6 Å². The van der Waals surface area contributed by atoms with Crippen LogP contribution in [0.1, 0.15) is 6.92 Å². The lowest BCUT2D eigenvalue weighted by Gasteiger charge is -2.16. The molecule has 2 amide bonds. The Bertz CT molecular complexity index is 533. The molecule has 1 aromatic rings. The predicted octanol–water partition coefficient (Wildman–Crippen LogP) is 0.632. The molecule has 0 spiro atoms. The highest BCUT2D eigenvalue weighted by Gasteiger charge is 2.20. The molecule has 1 atom stereocenters. The molecule has 2 N–H and O–H groups in total. The molecular formula is C15H21N3O5S2. The van der Waals surface area contributed by atoms with Gasteiger partial charge in [-0.3, -0.25) is 9.59 Å². The first kappa shape index (κ1) is 21.4. The second-order valence-corrected chi connectivity index (χ2v) is 6.90. The highest BCUT2D eigenvalue weighted by molar-refractivity contribution is 8.77. The lowest BCUT2D eigenvalue weighted by Crippen LogP contribution is -2.44. The number of ether oxygens (including phenoxy) is 2. The van der Waals surface area contributed by atoms with Crippen molar-refractivity contribution in [3.05, 3.63) is 24.4 Å². The monoisotopic (exact) mass is 387 g/mol. The summed E-state index contributed by atoms with van der Waals surface area (Å²) in [4.78, 5) is 37.7. The second-order valence-electron chi connectivity index (χ2n) is 4.57. The van der Waals surface area contributed by atoms with Crippen LogP contribution in [0.15, 0.2) is 29.4 Å². The highest BCUT2D eigenvalue weighted by Crippen LogP contribution is 2.32. The van der Waals surface area contributed by atoms with Crippen LogP contribution in [0.25, 0.3) is 0 Å². The van der Waals surface area contributed by atoms with Crippen molar-refractivity contribution < 1.29 is 23.9 Å². The first-order chi connectivity index (χ1) is 12.1. The molecule has 0 aromatic carbocycles. The first-order valence-corrected chi connectivity index (χ1v) is 9.73. The van der Waals surface area contributed by atoms with Crippen molar-refractivity contribution in [1.29, 1.82) is 0 Å². The molecule has 0 bridgehead atoms. The molecule has 0 radical (unpaired) electrons. The van der Waals surface area contributed by atoms with Crippen molar-refractivity contribution >= 4 is 39.7 Å². The Morgan fingerprint density at radius 1 is 1.28 bits per heavy atom. The average molecular weight is 387 g/mol. The molecule has 10 heteroatoms. The number of aromatic nitrogens is 1. The van der Waals surface area contributed by atoms with Gasteiger partial charge in [0.25, 0.3) is 5.91 Å². The van der Waals surface area contributed by atoms with Crippen molar-refractivity contribution in [2.75, 3.05) is 33.0 Å². The van der Waals surface area contributed by atoms with E-state index in [1.54, 1.807) is 12.3 Å². The fourth-order valence-electron chi connectivity index (χ4n) is 1.50. The van der Waals surface area contributed by atoms with Crippen molar-refractivity contribution in [2.24, 2.45) is 0 Å². The van der Waals surface area contributed by atoms with E-state index in [4.69, 9.17) is 9.47 Å². The Morgan fingerprint density at radius 2 is 2.08 bits per heavy atom. The number of pyridine rings is 1. The van der Waals surface area contributed by atoms with Crippen molar-refractivity contribution in [1.82, 2.24) is 15.6 Å². The van der Waals surface area contributed by atoms with Gasteiger partial charge in [-0.25, -0.2) is 4.98 Å². The van der Waals surface area contributed by atoms with Gasteiger partial charge in [-0.1, -0.05) is 16.9 Å². The number of hydrogen-bond donors (Lipinski definition) is 2. The van der Waals surface area contributed by atoms with Crippen molar-refractivity contribution in [3.8, 4) is 0 Å². The summed E-state index contributed by atoms with van der Waals surface area (Å²) in [6.45, 7) is 2.66. The predicted molar refractivity (Wildman–Crippen MR) is 96.0 cm³/mol. The molecule has 1 heterocycles. The Balaban J connectivity index is 2.28. The minimum Gasteiger partial charge on any atom is -0.377 e. The largest absolute Gasteiger partial charge is 0.377 e. The standard InChI is InChI=1S/C15H21N3O5S2/c1-12(20)18-15(25-24-13-4-2-3-5-16-13)14(21)17-6-8-22-10-11-23-9-7-19/h2-5,7,15H,6,8-11H2,1H3,(H,17,21)(H,18,20). The Hall–Kier alpha value is -1.62. The molecule has 8 nitrogen and oxygen atoms in total. The summed E-state index contributed by atoms with van der Waals surface area (Å²) < 4.78 is 10.2. The van der Waals surface area contributed by atoms with Gasteiger partial charge in [-0.15, -0.1) is 0 Å². The Kier molecular flexibility index (Phi) is 11.7. The van der Waals surface area contributed by atoms with Gasteiger partial charge in [0.15, 0.2) is 5.37 Å². The van der Waals surface area contributed by atoms with E-state index >= 15 is 0 Å². The van der Waals surface area contributed by atoms with Crippen LogP contribution in [0.2, 0.25) is 0 Å². The van der Waals surface area contributed by atoms with Crippen LogP contribution in [-0.2, 0) is 23.9 Å². The average Bonchev–Trinajstić information content (AvgIpc) is 2.61. The van der Waals surface area contributed by atoms with Crippen LogP contribution in [-0.4, -0.2) is 61.4 Å². The van der Waals surface area contributed by atoms with Gasteiger partial charge in [0.05, 0.1) is 19.8 Å². The quantitative estimate of drug-likeness (QED) is 0.220. The molecule has 0 fully saturated rings. The van der Waals surface area contributed by atoms with E-state index in [9.17, 15) is 14.4 Å². The van der Waals surface area contributed by atoms with Gasteiger partial charge in [0, 0.05) is 19.7 Å². The maximum Gasteiger partial charge on any atom is 0.254 e. The summed E-state index contributed by atoms with van der Waals surface area (Å²) in [5.74, 6) is -0.609. The van der Waals surface area contributed by atoms with Gasteiger partial charge < -0.3 is 24.9 Å². The summed E-state index contributed by atoms with van der Waals surface area (Å²) in [6, 6.07) is 5.47. The van der Waals surface area contributed by atoms with Gasteiger partial charge in [-0.05, 0) is 22.9 Å². The maximum atomic E-state index is 12.2. The summed E-state index contributed by atoms with van der Waals surface area (Å²) in [6.07, 6.45) is 2.33. The second kappa shape index (κ2) is 13.6. The van der Waals surface area contributed by atoms with E-state index in [-0.39, 0.29) is 18.4 Å². The van der Waals surface area contributed by atoms with E-state index in [0.29, 0.717) is 32.7 Å². The number of rotatable bonds is 13. The number of carbonyl (C=O) groups excluding carboxylic acids is 3. The SMILES string of the molecule is CC(=O)NC(SSc1ccccn1)C(=O)NCCOCCOCC=O. The topological polar surface area (TPSA) is 107 Å². The van der Waals surface area contributed by atoms with Crippen LogP contribution in [0.4, 0.5) is 0 Å². The summed E-state index contributed by atoms with van der Waals surface area (Å²) in [5, 5.41) is 5.30.